The van der Waals surface area contributed by atoms with E-state index < -0.39 is 26.1 Å². The quantitative estimate of drug-likeness (QED) is 0.310. The van der Waals surface area contributed by atoms with Crippen molar-refractivity contribution in [2.75, 3.05) is 0 Å². The summed E-state index contributed by atoms with van der Waals surface area (Å²) < 4.78 is 4.77. The molecule has 0 aromatic rings. The zero-order valence-electron chi connectivity index (χ0n) is 8.83. The summed E-state index contributed by atoms with van der Waals surface area (Å²) in [4.78, 5) is 21.6. The van der Waals surface area contributed by atoms with E-state index in [1.807, 2.05) is 0 Å². The molecule has 0 aliphatic carbocycles. The second-order valence-electron chi connectivity index (χ2n) is 4.23. The van der Waals surface area contributed by atoms with Gasteiger partial charge < -0.3 is 9.84 Å². The Morgan fingerprint density at radius 2 is 2.13 bits per heavy atom. The molecule has 4 nitrogen and oxygen atoms in total. The van der Waals surface area contributed by atoms with Crippen LogP contribution in [-0.2, 0) is 14.3 Å². The van der Waals surface area contributed by atoms with Crippen molar-refractivity contribution in [3.63, 3.8) is 0 Å². The third-order valence-corrected chi connectivity index (χ3v) is 2.49. The molecule has 15 heavy (non-hydrogen) atoms. The van der Waals surface area contributed by atoms with E-state index in [0.29, 0.717) is 0 Å². The summed E-state index contributed by atoms with van der Waals surface area (Å²) >= 11 is 0. The summed E-state index contributed by atoms with van der Waals surface area (Å²) in [5.41, 5.74) is 2.69. The van der Waals surface area contributed by atoms with Crippen molar-refractivity contribution in [3.8, 4) is 11.5 Å². The van der Waals surface area contributed by atoms with E-state index in [-0.39, 0.29) is 5.57 Å². The molecule has 80 valence electrons. The molecule has 1 rings (SSSR count). The van der Waals surface area contributed by atoms with Gasteiger partial charge in [0.05, 0.1) is 0 Å². The number of hydrogen-bond donors (Lipinski definition) is 1. The fourth-order valence-corrected chi connectivity index (χ4v) is 1.52. The lowest BCUT2D eigenvalue weighted by atomic mass is 10.2. The van der Waals surface area contributed by atoms with Crippen LogP contribution in [-0.4, -0.2) is 31.2 Å². The predicted octanol–water partition coefficient (Wildman–Crippen LogP) is 0.804. The Balaban J connectivity index is 2.81. The zero-order valence-corrected chi connectivity index (χ0v) is 9.83. The highest BCUT2D eigenvalue weighted by Crippen LogP contribution is 2.13. The molecule has 0 fully saturated rings. The standard InChI is InChI=1S/C10H12O4Si/c1-15(2,3)5-4-7-6-8(9(11)12)10(13)14-7/h6-7H,1-3H3,(H,11,12). The second-order valence-corrected chi connectivity index (χ2v) is 8.98. The number of carboxylic acids is 1. The number of aliphatic carboxylic acids is 1. The fourth-order valence-electron chi connectivity index (χ4n) is 0.950. The van der Waals surface area contributed by atoms with Gasteiger partial charge in [0, 0.05) is 0 Å². The van der Waals surface area contributed by atoms with E-state index in [2.05, 4.69) is 31.1 Å². The minimum absolute atomic E-state index is 0.329. The molecule has 1 aliphatic rings. The number of carboxylic acid groups (broad SMARTS) is 1. The van der Waals surface area contributed by atoms with Gasteiger partial charge in [-0.25, -0.2) is 9.59 Å². The van der Waals surface area contributed by atoms with Crippen molar-refractivity contribution in [1.82, 2.24) is 0 Å². The Hall–Kier alpha value is -1.54. The average molecular weight is 224 g/mol. The zero-order chi connectivity index (χ0) is 11.6. The third kappa shape index (κ3) is 3.25. The van der Waals surface area contributed by atoms with Gasteiger partial charge in [0.15, 0.2) is 6.10 Å². The normalized spacial score (nSPS) is 20.1. The molecule has 1 unspecified atom stereocenters. The van der Waals surface area contributed by atoms with Gasteiger partial charge in [0.25, 0.3) is 0 Å². The van der Waals surface area contributed by atoms with E-state index in [1.54, 1.807) is 0 Å². The lowest BCUT2D eigenvalue weighted by molar-refractivity contribution is -0.142. The average Bonchev–Trinajstić information content (AvgIpc) is 2.42. The predicted molar refractivity (Wildman–Crippen MR) is 56.7 cm³/mol. The van der Waals surface area contributed by atoms with Gasteiger partial charge in [0.2, 0.25) is 0 Å². The van der Waals surface area contributed by atoms with Crippen molar-refractivity contribution in [1.29, 1.82) is 0 Å². The summed E-state index contributed by atoms with van der Waals surface area (Å²) in [6, 6.07) is 0. The topological polar surface area (TPSA) is 63.6 Å². The summed E-state index contributed by atoms with van der Waals surface area (Å²) in [5, 5.41) is 8.62. The smallest absolute Gasteiger partial charge is 0.346 e. The molecular formula is C10H12O4Si. The molecule has 1 aliphatic heterocycles. The number of esters is 1. The Bertz CT molecular complexity index is 392. The minimum atomic E-state index is -1.53. The Morgan fingerprint density at radius 3 is 2.53 bits per heavy atom. The molecule has 1 atom stereocenters. The first-order chi connectivity index (χ1) is 6.79. The molecule has 0 aromatic carbocycles. The van der Waals surface area contributed by atoms with Crippen molar-refractivity contribution >= 4 is 20.0 Å². The summed E-state index contributed by atoms with van der Waals surface area (Å²) in [6.45, 7) is 6.16. The maximum Gasteiger partial charge on any atom is 0.346 e. The van der Waals surface area contributed by atoms with Crippen LogP contribution in [0.3, 0.4) is 0 Å². The molecule has 0 radical (unpaired) electrons. The lowest BCUT2D eigenvalue weighted by Crippen LogP contribution is -2.18. The highest BCUT2D eigenvalue weighted by atomic mass is 28.3. The van der Waals surface area contributed by atoms with Crippen molar-refractivity contribution in [2.45, 2.75) is 25.7 Å². The first-order valence-electron chi connectivity index (χ1n) is 4.48. The lowest BCUT2D eigenvalue weighted by Gasteiger charge is -2.04. The van der Waals surface area contributed by atoms with Gasteiger partial charge in [0.1, 0.15) is 13.6 Å². The summed E-state index contributed by atoms with van der Waals surface area (Å²) in [7, 11) is -1.53. The molecular weight excluding hydrogens is 212 g/mol. The van der Waals surface area contributed by atoms with Crippen LogP contribution >= 0.6 is 0 Å². The van der Waals surface area contributed by atoms with Crippen LogP contribution in [0.15, 0.2) is 11.6 Å². The second kappa shape index (κ2) is 3.91. The summed E-state index contributed by atoms with van der Waals surface area (Å²) in [5.74, 6) is 0.691. The van der Waals surface area contributed by atoms with Crippen LogP contribution in [0, 0.1) is 11.5 Å². The van der Waals surface area contributed by atoms with Crippen molar-refractivity contribution < 1.29 is 19.4 Å². The van der Waals surface area contributed by atoms with E-state index in [1.165, 1.54) is 6.08 Å². The van der Waals surface area contributed by atoms with Crippen LogP contribution in [0.4, 0.5) is 0 Å². The Morgan fingerprint density at radius 1 is 1.53 bits per heavy atom. The molecule has 0 spiro atoms. The molecule has 0 saturated heterocycles. The SMILES string of the molecule is C[Si](C)(C)C#CC1C=C(C(=O)O)C(=O)O1. The fraction of sp³-hybridized carbons (Fsp3) is 0.400. The number of carbonyl (C=O) groups excluding carboxylic acids is 1. The molecule has 5 heteroatoms. The Labute approximate surface area is 88.9 Å². The molecule has 1 heterocycles. The van der Waals surface area contributed by atoms with Gasteiger partial charge in [-0.2, -0.15) is 0 Å². The maximum atomic E-state index is 11.0. The van der Waals surface area contributed by atoms with Gasteiger partial charge in [-0.3, -0.25) is 0 Å². The van der Waals surface area contributed by atoms with Crippen LogP contribution in [0.2, 0.25) is 19.6 Å². The van der Waals surface area contributed by atoms with Crippen LogP contribution in [0.25, 0.3) is 0 Å². The molecule has 0 amide bonds. The van der Waals surface area contributed by atoms with Crippen molar-refractivity contribution in [2.24, 2.45) is 0 Å². The number of rotatable bonds is 1. The van der Waals surface area contributed by atoms with E-state index in [9.17, 15) is 9.59 Å². The highest BCUT2D eigenvalue weighted by molar-refractivity contribution is 6.83. The third-order valence-electron chi connectivity index (χ3n) is 1.59. The minimum Gasteiger partial charge on any atom is -0.477 e. The van der Waals surface area contributed by atoms with E-state index in [0.717, 1.165) is 0 Å². The first kappa shape index (κ1) is 11.5. The van der Waals surface area contributed by atoms with Crippen LogP contribution in [0.5, 0.6) is 0 Å². The van der Waals surface area contributed by atoms with Crippen LogP contribution < -0.4 is 0 Å². The van der Waals surface area contributed by atoms with Gasteiger partial charge in [-0.1, -0.05) is 25.6 Å². The van der Waals surface area contributed by atoms with E-state index in [4.69, 9.17) is 9.84 Å². The largest absolute Gasteiger partial charge is 0.477 e. The van der Waals surface area contributed by atoms with Crippen molar-refractivity contribution in [3.05, 3.63) is 11.6 Å². The molecule has 0 bridgehead atoms. The monoisotopic (exact) mass is 224 g/mol. The van der Waals surface area contributed by atoms with E-state index >= 15 is 0 Å². The number of hydrogen-bond acceptors (Lipinski definition) is 3. The Kier molecular flexibility index (Phi) is 3.00. The van der Waals surface area contributed by atoms with Gasteiger partial charge in [-0.15, -0.1) is 5.54 Å². The highest BCUT2D eigenvalue weighted by Gasteiger charge is 2.29. The number of cyclic esters (lactones) is 1. The molecule has 0 saturated carbocycles. The molecule has 0 aromatic heterocycles. The summed E-state index contributed by atoms with van der Waals surface area (Å²) in [6.07, 6.45) is 0.549. The van der Waals surface area contributed by atoms with Crippen LogP contribution in [0.1, 0.15) is 0 Å². The van der Waals surface area contributed by atoms with Gasteiger partial charge >= 0.3 is 11.9 Å². The van der Waals surface area contributed by atoms with Gasteiger partial charge in [-0.05, 0) is 6.08 Å². The molecule has 1 N–H and O–H groups in total. The number of ether oxygens (including phenoxy) is 1. The maximum absolute atomic E-state index is 11.0. The first-order valence-corrected chi connectivity index (χ1v) is 7.98. The number of carbonyl (C=O) groups is 2.